The SMILES string of the molecule is CC(C(=O)O)C(=O)N1CCN(c2cccc([N+](=O)[O-])c2)CC1. The zero-order valence-electron chi connectivity index (χ0n) is 12.1. The van der Waals surface area contributed by atoms with Gasteiger partial charge in [0.2, 0.25) is 5.91 Å². The molecule has 1 amide bonds. The summed E-state index contributed by atoms with van der Waals surface area (Å²) in [6.07, 6.45) is 0. The number of carbonyl (C=O) groups is 2. The lowest BCUT2D eigenvalue weighted by Crippen LogP contribution is -2.51. The average molecular weight is 307 g/mol. The van der Waals surface area contributed by atoms with Crippen molar-refractivity contribution in [2.45, 2.75) is 6.92 Å². The minimum Gasteiger partial charge on any atom is -0.481 e. The Hall–Kier alpha value is -2.64. The van der Waals surface area contributed by atoms with E-state index in [-0.39, 0.29) is 5.69 Å². The van der Waals surface area contributed by atoms with Crippen LogP contribution in [0.3, 0.4) is 0 Å². The molecule has 1 aromatic rings. The van der Waals surface area contributed by atoms with Crippen LogP contribution in [0.1, 0.15) is 6.92 Å². The van der Waals surface area contributed by atoms with Gasteiger partial charge in [-0.2, -0.15) is 0 Å². The number of hydrogen-bond donors (Lipinski definition) is 1. The highest BCUT2D eigenvalue weighted by Gasteiger charge is 2.29. The number of rotatable bonds is 4. The molecule has 0 spiro atoms. The van der Waals surface area contributed by atoms with Gasteiger partial charge in [0.25, 0.3) is 5.69 Å². The second-order valence-corrected chi connectivity index (χ2v) is 5.15. The number of aliphatic carboxylic acids is 1. The maximum absolute atomic E-state index is 12.0. The van der Waals surface area contributed by atoms with Gasteiger partial charge in [-0.1, -0.05) is 6.07 Å². The summed E-state index contributed by atoms with van der Waals surface area (Å²) in [5.41, 5.74) is 0.753. The van der Waals surface area contributed by atoms with Gasteiger partial charge >= 0.3 is 5.97 Å². The molecule has 1 N–H and O–H groups in total. The standard InChI is InChI=1S/C14H17N3O5/c1-10(14(19)20)13(18)16-7-5-15(6-8-16)11-3-2-4-12(9-11)17(21)22/h2-4,9-10H,5-8H2,1H3,(H,19,20). The van der Waals surface area contributed by atoms with E-state index >= 15 is 0 Å². The smallest absolute Gasteiger partial charge is 0.315 e. The lowest BCUT2D eigenvalue weighted by molar-refractivity contribution is -0.384. The van der Waals surface area contributed by atoms with E-state index < -0.39 is 22.7 Å². The number of carbonyl (C=O) groups excluding carboxylic acids is 1. The fraction of sp³-hybridized carbons (Fsp3) is 0.429. The van der Waals surface area contributed by atoms with Crippen molar-refractivity contribution in [3.05, 3.63) is 34.4 Å². The summed E-state index contributed by atoms with van der Waals surface area (Å²) in [5.74, 6) is -2.58. The third-order valence-electron chi connectivity index (χ3n) is 3.74. The second-order valence-electron chi connectivity index (χ2n) is 5.15. The molecule has 1 fully saturated rings. The number of anilines is 1. The van der Waals surface area contributed by atoms with E-state index in [2.05, 4.69) is 0 Å². The number of amides is 1. The molecule has 0 aromatic heterocycles. The Morgan fingerprint density at radius 1 is 1.27 bits per heavy atom. The van der Waals surface area contributed by atoms with Crippen molar-refractivity contribution in [3.8, 4) is 0 Å². The van der Waals surface area contributed by atoms with Crippen LogP contribution in [0.5, 0.6) is 0 Å². The van der Waals surface area contributed by atoms with Gasteiger partial charge in [0.05, 0.1) is 4.92 Å². The van der Waals surface area contributed by atoms with Crippen LogP contribution in [-0.2, 0) is 9.59 Å². The zero-order chi connectivity index (χ0) is 16.3. The predicted octanol–water partition coefficient (Wildman–Crippen LogP) is 0.964. The summed E-state index contributed by atoms with van der Waals surface area (Å²) < 4.78 is 0. The summed E-state index contributed by atoms with van der Waals surface area (Å²) in [6, 6.07) is 6.33. The van der Waals surface area contributed by atoms with E-state index in [9.17, 15) is 19.7 Å². The summed E-state index contributed by atoms with van der Waals surface area (Å²) >= 11 is 0. The molecule has 1 aliphatic rings. The van der Waals surface area contributed by atoms with Gasteiger partial charge in [0.1, 0.15) is 5.92 Å². The van der Waals surface area contributed by atoms with Gasteiger partial charge in [0, 0.05) is 44.0 Å². The predicted molar refractivity (Wildman–Crippen MR) is 78.7 cm³/mol. The quantitative estimate of drug-likeness (QED) is 0.505. The van der Waals surface area contributed by atoms with Crippen molar-refractivity contribution >= 4 is 23.3 Å². The van der Waals surface area contributed by atoms with Crippen LogP contribution in [0, 0.1) is 16.0 Å². The van der Waals surface area contributed by atoms with Crippen LogP contribution in [0.2, 0.25) is 0 Å². The number of nitrogens with zero attached hydrogens (tertiary/aromatic N) is 3. The second kappa shape index (κ2) is 6.42. The van der Waals surface area contributed by atoms with Crippen LogP contribution >= 0.6 is 0 Å². The molecule has 1 aromatic carbocycles. The van der Waals surface area contributed by atoms with Gasteiger partial charge < -0.3 is 14.9 Å². The Morgan fingerprint density at radius 3 is 2.45 bits per heavy atom. The number of carboxylic acid groups (broad SMARTS) is 1. The molecule has 0 bridgehead atoms. The number of non-ortho nitro benzene ring substituents is 1. The van der Waals surface area contributed by atoms with Crippen molar-refractivity contribution in [1.82, 2.24) is 4.90 Å². The molecular formula is C14H17N3O5. The molecule has 8 nitrogen and oxygen atoms in total. The third-order valence-corrected chi connectivity index (χ3v) is 3.74. The van der Waals surface area contributed by atoms with Gasteiger partial charge in [-0.15, -0.1) is 0 Å². The number of hydrogen-bond acceptors (Lipinski definition) is 5. The number of nitro benzene ring substituents is 1. The van der Waals surface area contributed by atoms with Crippen LogP contribution in [0.4, 0.5) is 11.4 Å². The first-order valence-electron chi connectivity index (χ1n) is 6.91. The molecule has 0 saturated carbocycles. The molecule has 0 radical (unpaired) electrons. The monoisotopic (exact) mass is 307 g/mol. The van der Waals surface area contributed by atoms with Crippen molar-refractivity contribution < 1.29 is 19.6 Å². The number of benzene rings is 1. The summed E-state index contributed by atoms with van der Waals surface area (Å²) in [4.78, 5) is 36.6. The van der Waals surface area contributed by atoms with Gasteiger partial charge in [-0.3, -0.25) is 19.7 Å². The van der Waals surface area contributed by atoms with Gasteiger partial charge in [0.15, 0.2) is 0 Å². The first kappa shape index (κ1) is 15.7. The average Bonchev–Trinajstić information content (AvgIpc) is 2.53. The van der Waals surface area contributed by atoms with Crippen LogP contribution < -0.4 is 4.90 Å². The molecule has 1 saturated heterocycles. The molecular weight excluding hydrogens is 290 g/mol. The maximum Gasteiger partial charge on any atom is 0.315 e. The first-order valence-corrected chi connectivity index (χ1v) is 6.91. The van der Waals surface area contributed by atoms with Crippen molar-refractivity contribution in [3.63, 3.8) is 0 Å². The molecule has 1 heterocycles. The van der Waals surface area contributed by atoms with Crippen LogP contribution in [0.15, 0.2) is 24.3 Å². The molecule has 8 heteroatoms. The molecule has 1 atom stereocenters. The highest BCUT2D eigenvalue weighted by molar-refractivity contribution is 5.96. The summed E-state index contributed by atoms with van der Waals surface area (Å²) in [6.45, 7) is 3.20. The lowest BCUT2D eigenvalue weighted by Gasteiger charge is -2.36. The van der Waals surface area contributed by atoms with Crippen molar-refractivity contribution in [2.24, 2.45) is 5.92 Å². The Labute approximate surface area is 127 Å². The molecule has 118 valence electrons. The van der Waals surface area contributed by atoms with Crippen LogP contribution in [-0.4, -0.2) is 53.0 Å². The molecule has 0 aliphatic carbocycles. The Balaban J connectivity index is 2.00. The van der Waals surface area contributed by atoms with E-state index in [4.69, 9.17) is 5.11 Å². The zero-order valence-corrected chi connectivity index (χ0v) is 12.1. The maximum atomic E-state index is 12.0. The molecule has 1 unspecified atom stereocenters. The minimum atomic E-state index is -1.13. The number of piperazine rings is 1. The number of nitro groups is 1. The lowest BCUT2D eigenvalue weighted by atomic mass is 10.1. The van der Waals surface area contributed by atoms with Crippen LogP contribution in [0.25, 0.3) is 0 Å². The highest BCUT2D eigenvalue weighted by Crippen LogP contribution is 2.22. The third kappa shape index (κ3) is 3.33. The Kier molecular flexibility index (Phi) is 4.59. The normalized spacial score (nSPS) is 16.2. The molecule has 22 heavy (non-hydrogen) atoms. The first-order chi connectivity index (χ1) is 10.4. The van der Waals surface area contributed by atoms with E-state index in [1.165, 1.54) is 24.0 Å². The van der Waals surface area contributed by atoms with Crippen molar-refractivity contribution in [2.75, 3.05) is 31.1 Å². The van der Waals surface area contributed by atoms with Crippen molar-refractivity contribution in [1.29, 1.82) is 0 Å². The molecule has 2 rings (SSSR count). The van der Waals surface area contributed by atoms with E-state index in [0.717, 1.165) is 5.69 Å². The van der Waals surface area contributed by atoms with E-state index in [0.29, 0.717) is 26.2 Å². The van der Waals surface area contributed by atoms with Gasteiger partial charge in [-0.05, 0) is 13.0 Å². The summed E-state index contributed by atoms with van der Waals surface area (Å²) in [7, 11) is 0. The fourth-order valence-electron chi connectivity index (χ4n) is 2.37. The summed E-state index contributed by atoms with van der Waals surface area (Å²) in [5, 5.41) is 19.7. The molecule has 1 aliphatic heterocycles. The Bertz CT molecular complexity index is 596. The fourth-order valence-corrected chi connectivity index (χ4v) is 2.37. The largest absolute Gasteiger partial charge is 0.481 e. The topological polar surface area (TPSA) is 104 Å². The minimum absolute atomic E-state index is 0.0236. The Morgan fingerprint density at radius 2 is 1.91 bits per heavy atom. The number of carboxylic acids is 1. The van der Waals surface area contributed by atoms with E-state index in [1.807, 2.05) is 4.90 Å². The van der Waals surface area contributed by atoms with E-state index in [1.54, 1.807) is 12.1 Å². The highest BCUT2D eigenvalue weighted by atomic mass is 16.6. The van der Waals surface area contributed by atoms with Gasteiger partial charge in [-0.25, -0.2) is 0 Å².